The lowest BCUT2D eigenvalue weighted by Crippen LogP contribution is -2.39. The molecule has 0 saturated carbocycles. The molecular weight excluding hydrogens is 480 g/mol. The van der Waals surface area contributed by atoms with Gasteiger partial charge in [-0.1, -0.05) is 52.7 Å². The molecule has 0 unspecified atom stereocenters. The second kappa shape index (κ2) is 12.6. The maximum absolute atomic E-state index is 13.6. The SMILES string of the molecule is CCCCCN(CC(=O)Nc1cc(C(C)(C)C)nn1-c1cccc(C)c1)C(=O)c1ccc(OC)cc1OC. The molecule has 1 heterocycles. The van der Waals surface area contributed by atoms with Gasteiger partial charge in [0.1, 0.15) is 23.9 Å². The third-order valence-corrected chi connectivity index (χ3v) is 6.28. The first-order chi connectivity index (χ1) is 18.1. The molecule has 1 aromatic heterocycles. The second-order valence-corrected chi connectivity index (χ2v) is 10.5. The lowest BCUT2D eigenvalue weighted by molar-refractivity contribution is -0.117. The summed E-state index contributed by atoms with van der Waals surface area (Å²) < 4.78 is 12.5. The van der Waals surface area contributed by atoms with Crippen LogP contribution in [0.1, 0.15) is 68.6 Å². The maximum Gasteiger partial charge on any atom is 0.258 e. The molecule has 8 nitrogen and oxygen atoms in total. The molecule has 0 aliphatic carbocycles. The van der Waals surface area contributed by atoms with Crippen molar-refractivity contribution in [1.82, 2.24) is 14.7 Å². The average molecular weight is 521 g/mol. The van der Waals surface area contributed by atoms with Crippen molar-refractivity contribution in [2.24, 2.45) is 0 Å². The summed E-state index contributed by atoms with van der Waals surface area (Å²) in [6.07, 6.45) is 2.76. The highest BCUT2D eigenvalue weighted by Gasteiger charge is 2.25. The number of nitrogens with zero attached hydrogens (tertiary/aromatic N) is 3. The van der Waals surface area contributed by atoms with E-state index in [1.807, 2.05) is 37.3 Å². The zero-order chi connectivity index (χ0) is 27.9. The first-order valence-corrected chi connectivity index (χ1v) is 13.1. The number of amides is 2. The van der Waals surface area contributed by atoms with Crippen LogP contribution in [0.25, 0.3) is 5.69 Å². The summed E-state index contributed by atoms with van der Waals surface area (Å²) in [5, 5.41) is 7.81. The third kappa shape index (κ3) is 7.15. The summed E-state index contributed by atoms with van der Waals surface area (Å²) in [6.45, 7) is 10.7. The highest BCUT2D eigenvalue weighted by atomic mass is 16.5. The molecule has 0 spiro atoms. The number of hydrogen-bond donors (Lipinski definition) is 1. The Morgan fingerprint density at radius 2 is 1.79 bits per heavy atom. The van der Waals surface area contributed by atoms with E-state index in [0.29, 0.717) is 29.4 Å². The summed E-state index contributed by atoms with van der Waals surface area (Å²) >= 11 is 0. The van der Waals surface area contributed by atoms with Crippen molar-refractivity contribution in [1.29, 1.82) is 0 Å². The molecule has 0 aliphatic rings. The van der Waals surface area contributed by atoms with Gasteiger partial charge in [0.25, 0.3) is 5.91 Å². The Hall–Kier alpha value is -3.81. The molecule has 0 radical (unpaired) electrons. The summed E-state index contributed by atoms with van der Waals surface area (Å²) in [5.41, 5.74) is 2.98. The van der Waals surface area contributed by atoms with Crippen LogP contribution in [-0.4, -0.2) is 53.8 Å². The van der Waals surface area contributed by atoms with Crippen molar-refractivity contribution in [3.63, 3.8) is 0 Å². The highest BCUT2D eigenvalue weighted by Crippen LogP contribution is 2.28. The molecule has 3 aromatic rings. The van der Waals surface area contributed by atoms with E-state index in [-0.39, 0.29) is 23.8 Å². The van der Waals surface area contributed by atoms with E-state index < -0.39 is 0 Å². The molecule has 1 N–H and O–H groups in total. The van der Waals surface area contributed by atoms with Gasteiger partial charge in [-0.15, -0.1) is 0 Å². The predicted molar refractivity (Wildman–Crippen MR) is 151 cm³/mol. The Bertz CT molecular complexity index is 1260. The zero-order valence-electron chi connectivity index (χ0n) is 23.6. The fraction of sp³-hybridized carbons (Fsp3) is 0.433. The topological polar surface area (TPSA) is 85.7 Å². The normalized spacial score (nSPS) is 11.2. The predicted octanol–water partition coefficient (Wildman–Crippen LogP) is 5.77. The molecule has 2 aromatic carbocycles. The largest absolute Gasteiger partial charge is 0.497 e. The van der Waals surface area contributed by atoms with E-state index in [2.05, 4.69) is 33.0 Å². The van der Waals surface area contributed by atoms with E-state index in [0.717, 1.165) is 36.2 Å². The van der Waals surface area contributed by atoms with Gasteiger partial charge in [-0.2, -0.15) is 5.10 Å². The summed E-state index contributed by atoms with van der Waals surface area (Å²) in [7, 11) is 3.07. The Labute approximate surface area is 225 Å². The fourth-order valence-corrected chi connectivity index (χ4v) is 4.10. The van der Waals surface area contributed by atoms with Gasteiger partial charge in [0.15, 0.2) is 0 Å². The Balaban J connectivity index is 1.89. The van der Waals surface area contributed by atoms with E-state index in [1.54, 1.807) is 34.9 Å². The minimum Gasteiger partial charge on any atom is -0.497 e. The van der Waals surface area contributed by atoms with Gasteiger partial charge in [0.2, 0.25) is 5.91 Å². The third-order valence-electron chi connectivity index (χ3n) is 6.28. The molecule has 0 bridgehead atoms. The van der Waals surface area contributed by atoms with Crippen LogP contribution in [0.4, 0.5) is 5.82 Å². The van der Waals surface area contributed by atoms with E-state index in [9.17, 15) is 9.59 Å². The van der Waals surface area contributed by atoms with Crippen molar-refractivity contribution >= 4 is 17.6 Å². The van der Waals surface area contributed by atoms with Crippen LogP contribution < -0.4 is 14.8 Å². The number of unbranched alkanes of at least 4 members (excludes halogenated alkanes) is 2. The lowest BCUT2D eigenvalue weighted by Gasteiger charge is -2.23. The molecule has 0 atom stereocenters. The zero-order valence-corrected chi connectivity index (χ0v) is 23.6. The average Bonchev–Trinajstić information content (AvgIpc) is 3.31. The number of anilines is 1. The van der Waals surface area contributed by atoms with Crippen molar-refractivity contribution in [2.75, 3.05) is 32.6 Å². The van der Waals surface area contributed by atoms with Gasteiger partial charge in [-0.05, 0) is 43.2 Å². The minimum atomic E-state index is -0.295. The number of nitrogens with one attached hydrogen (secondary N) is 1. The number of benzene rings is 2. The minimum absolute atomic E-state index is 0.0957. The lowest BCUT2D eigenvalue weighted by atomic mass is 9.92. The van der Waals surface area contributed by atoms with Crippen LogP contribution in [0.3, 0.4) is 0 Å². The van der Waals surface area contributed by atoms with Crippen molar-refractivity contribution in [2.45, 2.75) is 59.3 Å². The van der Waals surface area contributed by atoms with Gasteiger partial charge in [-0.25, -0.2) is 4.68 Å². The van der Waals surface area contributed by atoms with Crippen molar-refractivity contribution in [3.8, 4) is 17.2 Å². The quantitative estimate of drug-likeness (QED) is 0.325. The van der Waals surface area contributed by atoms with E-state index in [4.69, 9.17) is 14.6 Å². The molecule has 2 amide bonds. The fourth-order valence-electron chi connectivity index (χ4n) is 4.10. The van der Waals surface area contributed by atoms with E-state index in [1.165, 1.54) is 7.11 Å². The number of aromatic nitrogens is 2. The molecule has 0 saturated heterocycles. The highest BCUT2D eigenvalue weighted by molar-refractivity contribution is 6.01. The number of aryl methyl sites for hydroxylation is 1. The monoisotopic (exact) mass is 520 g/mol. The number of carbonyl (C=O) groups is 2. The number of hydrogen-bond acceptors (Lipinski definition) is 5. The molecule has 3 rings (SSSR count). The van der Waals surface area contributed by atoms with Crippen LogP contribution in [0.5, 0.6) is 11.5 Å². The number of ether oxygens (including phenoxy) is 2. The van der Waals surface area contributed by atoms with Crippen molar-refractivity contribution < 1.29 is 19.1 Å². The van der Waals surface area contributed by atoms with Crippen molar-refractivity contribution in [3.05, 3.63) is 65.4 Å². The molecule has 8 heteroatoms. The second-order valence-electron chi connectivity index (χ2n) is 10.5. The Morgan fingerprint density at radius 3 is 2.42 bits per heavy atom. The molecular formula is C30H40N4O4. The van der Waals surface area contributed by atoms with Gasteiger partial charge < -0.3 is 19.7 Å². The van der Waals surface area contributed by atoms with Crippen LogP contribution in [-0.2, 0) is 10.2 Å². The molecule has 38 heavy (non-hydrogen) atoms. The number of rotatable bonds is 11. The summed E-state index contributed by atoms with van der Waals surface area (Å²) in [6, 6.07) is 14.9. The first kappa shape index (κ1) is 28.8. The Kier molecular flexibility index (Phi) is 9.55. The molecule has 0 fully saturated rings. The standard InChI is InChI=1S/C30H40N4O4/c1-8-9-10-16-33(29(36)24-15-14-23(37-6)18-25(24)38-7)20-28(35)31-27-19-26(30(3,4)5)32-34(27)22-13-11-12-21(2)17-22/h11-15,17-19H,8-10,16,20H2,1-7H3,(H,31,35). The summed E-state index contributed by atoms with van der Waals surface area (Å²) in [5.74, 6) is 0.999. The first-order valence-electron chi connectivity index (χ1n) is 13.1. The van der Waals surface area contributed by atoms with Crippen LogP contribution in [0, 0.1) is 6.92 Å². The number of carbonyl (C=O) groups excluding carboxylic acids is 2. The Morgan fingerprint density at radius 1 is 1.03 bits per heavy atom. The smallest absolute Gasteiger partial charge is 0.258 e. The number of methoxy groups -OCH3 is 2. The van der Waals surface area contributed by atoms with Crippen LogP contribution in [0.15, 0.2) is 48.5 Å². The van der Waals surface area contributed by atoms with Gasteiger partial charge in [0.05, 0.1) is 31.2 Å². The summed E-state index contributed by atoms with van der Waals surface area (Å²) in [4.78, 5) is 28.5. The maximum atomic E-state index is 13.6. The van der Waals surface area contributed by atoms with Gasteiger partial charge in [0, 0.05) is 24.1 Å². The molecule has 204 valence electrons. The van der Waals surface area contributed by atoms with Crippen LogP contribution in [0.2, 0.25) is 0 Å². The van der Waals surface area contributed by atoms with Gasteiger partial charge >= 0.3 is 0 Å². The van der Waals surface area contributed by atoms with E-state index >= 15 is 0 Å². The van der Waals surface area contributed by atoms with Crippen LogP contribution >= 0.6 is 0 Å². The van der Waals surface area contributed by atoms with Gasteiger partial charge in [-0.3, -0.25) is 9.59 Å². The molecule has 0 aliphatic heterocycles.